The van der Waals surface area contributed by atoms with E-state index in [0.29, 0.717) is 6.61 Å². The summed E-state index contributed by atoms with van der Waals surface area (Å²) in [6.07, 6.45) is 1.34. The molecule has 0 amide bonds. The molecule has 0 aliphatic carbocycles. The second kappa shape index (κ2) is 4.31. The molecule has 0 bridgehead atoms. The Labute approximate surface area is 65.5 Å². The first kappa shape index (κ1) is 8.49. The number of carbonyl (C=O) groups is 1. The largest absolute Gasteiger partial charge is 0.481 e. The predicted molar refractivity (Wildman–Crippen MR) is 39.5 cm³/mol. The minimum atomic E-state index is -0.795. The molecule has 2 N–H and O–H groups in total. The Bertz CT molecular complexity index is 132. The molecule has 1 fully saturated rings. The van der Waals surface area contributed by atoms with Gasteiger partial charge in [0.1, 0.15) is 0 Å². The average molecular weight is 159 g/mol. The van der Waals surface area contributed by atoms with Crippen molar-refractivity contribution < 1.29 is 14.6 Å². The summed E-state index contributed by atoms with van der Waals surface area (Å²) in [6.45, 7) is 2.18. The molecule has 4 heteroatoms. The van der Waals surface area contributed by atoms with Gasteiger partial charge in [-0.3, -0.25) is 4.79 Å². The van der Waals surface area contributed by atoms with Crippen LogP contribution in [0.5, 0.6) is 0 Å². The summed E-state index contributed by atoms with van der Waals surface area (Å²) in [6, 6.07) is 0. The Kier molecular flexibility index (Phi) is 3.32. The van der Waals surface area contributed by atoms with Gasteiger partial charge in [-0.1, -0.05) is 0 Å². The molecule has 1 heterocycles. The van der Waals surface area contributed by atoms with Crippen LogP contribution in [-0.4, -0.2) is 36.9 Å². The summed E-state index contributed by atoms with van der Waals surface area (Å²) >= 11 is 0. The second-order valence-corrected chi connectivity index (χ2v) is 2.63. The lowest BCUT2D eigenvalue weighted by Crippen LogP contribution is -2.18. The Morgan fingerprint density at radius 1 is 1.73 bits per heavy atom. The van der Waals surface area contributed by atoms with Crippen LogP contribution in [0.2, 0.25) is 0 Å². The van der Waals surface area contributed by atoms with Gasteiger partial charge in [0.05, 0.1) is 19.1 Å². The van der Waals surface area contributed by atoms with Crippen molar-refractivity contribution in [1.82, 2.24) is 5.32 Å². The van der Waals surface area contributed by atoms with Crippen LogP contribution in [0.4, 0.5) is 0 Å². The number of hydrogen-bond donors (Lipinski definition) is 2. The van der Waals surface area contributed by atoms with E-state index >= 15 is 0 Å². The van der Waals surface area contributed by atoms with Gasteiger partial charge < -0.3 is 15.2 Å². The van der Waals surface area contributed by atoms with Crippen LogP contribution >= 0.6 is 0 Å². The van der Waals surface area contributed by atoms with Crippen molar-refractivity contribution in [3.05, 3.63) is 0 Å². The third kappa shape index (κ3) is 3.34. The average Bonchev–Trinajstić information content (AvgIpc) is 2.39. The van der Waals surface area contributed by atoms with Gasteiger partial charge in [-0.25, -0.2) is 0 Å². The number of carboxylic acids is 1. The molecule has 1 unspecified atom stereocenters. The fourth-order valence-electron chi connectivity index (χ4n) is 1.08. The zero-order valence-corrected chi connectivity index (χ0v) is 6.38. The summed E-state index contributed by atoms with van der Waals surface area (Å²) in [5, 5.41) is 11.4. The Morgan fingerprint density at radius 3 is 3.09 bits per heavy atom. The van der Waals surface area contributed by atoms with Crippen molar-refractivity contribution in [2.45, 2.75) is 18.9 Å². The van der Waals surface area contributed by atoms with Crippen LogP contribution in [-0.2, 0) is 9.53 Å². The van der Waals surface area contributed by atoms with Crippen LogP contribution in [0.3, 0.4) is 0 Å². The molecule has 0 radical (unpaired) electrons. The molecule has 1 atom stereocenters. The maximum Gasteiger partial charge on any atom is 0.305 e. The molecule has 0 aromatic carbocycles. The molecular weight excluding hydrogens is 146 g/mol. The van der Waals surface area contributed by atoms with Crippen LogP contribution in [0, 0.1) is 0 Å². The molecule has 1 aliphatic heterocycles. The zero-order chi connectivity index (χ0) is 8.10. The molecule has 4 nitrogen and oxygen atoms in total. The summed E-state index contributed by atoms with van der Waals surface area (Å²) in [4.78, 5) is 10.1. The number of rotatable bonds is 4. The van der Waals surface area contributed by atoms with E-state index in [1.165, 1.54) is 0 Å². The van der Waals surface area contributed by atoms with Gasteiger partial charge in [0.25, 0.3) is 0 Å². The van der Waals surface area contributed by atoms with Gasteiger partial charge in [0.2, 0.25) is 0 Å². The van der Waals surface area contributed by atoms with Crippen LogP contribution in [0.1, 0.15) is 12.8 Å². The van der Waals surface area contributed by atoms with Crippen LogP contribution in [0.25, 0.3) is 0 Å². The third-order valence-corrected chi connectivity index (χ3v) is 1.68. The summed E-state index contributed by atoms with van der Waals surface area (Å²) in [5.74, 6) is -0.795. The number of aliphatic carboxylic acids is 1. The lowest BCUT2D eigenvalue weighted by atomic mass is 10.3. The first-order valence-corrected chi connectivity index (χ1v) is 3.83. The lowest BCUT2D eigenvalue weighted by molar-refractivity contribution is -0.138. The van der Waals surface area contributed by atoms with E-state index in [1.807, 2.05) is 0 Å². The molecule has 1 aliphatic rings. The van der Waals surface area contributed by atoms with Crippen molar-refractivity contribution in [3.8, 4) is 0 Å². The fraction of sp³-hybridized carbons (Fsp3) is 0.857. The number of carboxylic acid groups (broad SMARTS) is 1. The fourth-order valence-corrected chi connectivity index (χ4v) is 1.08. The molecule has 0 aromatic rings. The van der Waals surface area contributed by atoms with Gasteiger partial charge in [-0.2, -0.15) is 0 Å². The molecule has 0 spiro atoms. The van der Waals surface area contributed by atoms with Crippen molar-refractivity contribution in [3.63, 3.8) is 0 Å². The van der Waals surface area contributed by atoms with Gasteiger partial charge >= 0.3 is 5.97 Å². The van der Waals surface area contributed by atoms with Crippen molar-refractivity contribution in [2.24, 2.45) is 0 Å². The predicted octanol–water partition coefficient (Wildman–Crippen LogP) is -0.160. The van der Waals surface area contributed by atoms with E-state index in [1.54, 1.807) is 0 Å². The van der Waals surface area contributed by atoms with E-state index in [4.69, 9.17) is 9.84 Å². The lowest BCUT2D eigenvalue weighted by Gasteiger charge is -2.07. The SMILES string of the molecule is O=C(O)CCOC1CCNC1. The zero-order valence-electron chi connectivity index (χ0n) is 6.38. The molecule has 1 rings (SSSR count). The Hall–Kier alpha value is -0.610. The van der Waals surface area contributed by atoms with Gasteiger partial charge in [-0.15, -0.1) is 0 Å². The molecule has 0 saturated carbocycles. The first-order valence-electron chi connectivity index (χ1n) is 3.83. The maximum atomic E-state index is 10.1. The van der Waals surface area contributed by atoms with Gasteiger partial charge in [0.15, 0.2) is 0 Å². The maximum absolute atomic E-state index is 10.1. The molecule has 1 saturated heterocycles. The topological polar surface area (TPSA) is 58.6 Å². The minimum absolute atomic E-state index is 0.108. The monoisotopic (exact) mass is 159 g/mol. The molecule has 11 heavy (non-hydrogen) atoms. The number of ether oxygens (including phenoxy) is 1. The molecule has 64 valence electrons. The molecular formula is C7H13NO3. The number of hydrogen-bond acceptors (Lipinski definition) is 3. The van der Waals surface area contributed by atoms with E-state index < -0.39 is 5.97 Å². The first-order chi connectivity index (χ1) is 5.29. The summed E-state index contributed by atoms with van der Waals surface area (Å²) < 4.78 is 5.27. The Morgan fingerprint density at radius 2 is 2.55 bits per heavy atom. The highest BCUT2D eigenvalue weighted by molar-refractivity contribution is 5.66. The third-order valence-electron chi connectivity index (χ3n) is 1.68. The second-order valence-electron chi connectivity index (χ2n) is 2.63. The standard InChI is InChI=1S/C7H13NO3/c9-7(10)2-4-11-6-1-3-8-5-6/h6,8H,1-5H2,(H,9,10). The normalized spacial score (nSPS) is 23.8. The van der Waals surface area contributed by atoms with Crippen molar-refractivity contribution in [2.75, 3.05) is 19.7 Å². The quantitative estimate of drug-likeness (QED) is 0.598. The Balaban J connectivity index is 1.98. The smallest absolute Gasteiger partial charge is 0.305 e. The van der Waals surface area contributed by atoms with E-state index in [0.717, 1.165) is 19.5 Å². The van der Waals surface area contributed by atoms with Gasteiger partial charge in [-0.05, 0) is 13.0 Å². The van der Waals surface area contributed by atoms with Crippen LogP contribution in [0.15, 0.2) is 0 Å². The van der Waals surface area contributed by atoms with E-state index in [9.17, 15) is 4.79 Å². The van der Waals surface area contributed by atoms with Crippen LogP contribution < -0.4 is 5.32 Å². The highest BCUT2D eigenvalue weighted by atomic mass is 16.5. The highest BCUT2D eigenvalue weighted by Gasteiger charge is 2.14. The molecule has 0 aromatic heterocycles. The van der Waals surface area contributed by atoms with E-state index in [2.05, 4.69) is 5.32 Å². The number of nitrogens with one attached hydrogen (secondary N) is 1. The van der Waals surface area contributed by atoms with E-state index in [-0.39, 0.29) is 12.5 Å². The summed E-state index contributed by atoms with van der Waals surface area (Å²) in [7, 11) is 0. The highest BCUT2D eigenvalue weighted by Crippen LogP contribution is 2.02. The summed E-state index contributed by atoms with van der Waals surface area (Å²) in [5.41, 5.74) is 0. The van der Waals surface area contributed by atoms with Gasteiger partial charge in [0, 0.05) is 6.54 Å². The minimum Gasteiger partial charge on any atom is -0.481 e. The van der Waals surface area contributed by atoms with Crippen molar-refractivity contribution in [1.29, 1.82) is 0 Å². The van der Waals surface area contributed by atoms with Crippen molar-refractivity contribution >= 4 is 5.97 Å².